The standard InChI is InChI=1S/C17H18N2O/c1-10-6-11(2)16(12(3)7-10)14-8-13(4)19(5)17(20)15(14)9-18/h6-8H,1-5H3. The van der Waals surface area contributed by atoms with Crippen molar-refractivity contribution in [1.29, 1.82) is 5.26 Å². The van der Waals surface area contributed by atoms with Crippen molar-refractivity contribution < 1.29 is 0 Å². The summed E-state index contributed by atoms with van der Waals surface area (Å²) in [6, 6.07) is 8.15. The van der Waals surface area contributed by atoms with Gasteiger partial charge in [0.15, 0.2) is 0 Å². The summed E-state index contributed by atoms with van der Waals surface area (Å²) >= 11 is 0. The molecular weight excluding hydrogens is 248 g/mol. The normalized spacial score (nSPS) is 10.4. The third-order valence-electron chi connectivity index (χ3n) is 3.73. The Balaban J connectivity index is 2.92. The van der Waals surface area contributed by atoms with Gasteiger partial charge in [0.25, 0.3) is 5.56 Å². The van der Waals surface area contributed by atoms with Crippen LogP contribution in [-0.4, -0.2) is 4.57 Å². The molecule has 2 rings (SSSR count). The van der Waals surface area contributed by atoms with E-state index in [9.17, 15) is 10.1 Å². The Labute approximate surface area is 119 Å². The van der Waals surface area contributed by atoms with Gasteiger partial charge in [0, 0.05) is 18.3 Å². The zero-order valence-corrected chi connectivity index (χ0v) is 12.5. The molecule has 0 N–H and O–H groups in total. The number of hydrogen-bond donors (Lipinski definition) is 0. The molecule has 0 spiro atoms. The fraction of sp³-hybridized carbons (Fsp3) is 0.294. The second kappa shape index (κ2) is 4.97. The first kappa shape index (κ1) is 14.1. The van der Waals surface area contributed by atoms with Gasteiger partial charge in [-0.15, -0.1) is 0 Å². The Kier molecular flexibility index (Phi) is 3.50. The van der Waals surface area contributed by atoms with E-state index >= 15 is 0 Å². The van der Waals surface area contributed by atoms with Crippen LogP contribution in [0.4, 0.5) is 0 Å². The van der Waals surface area contributed by atoms with Crippen LogP contribution in [0.2, 0.25) is 0 Å². The molecular formula is C17H18N2O. The zero-order valence-electron chi connectivity index (χ0n) is 12.5. The van der Waals surface area contributed by atoms with Crippen molar-refractivity contribution in [2.75, 3.05) is 0 Å². The number of pyridine rings is 1. The Bertz CT molecular complexity index is 769. The molecule has 0 aliphatic rings. The maximum atomic E-state index is 12.2. The molecule has 20 heavy (non-hydrogen) atoms. The highest BCUT2D eigenvalue weighted by Crippen LogP contribution is 2.30. The SMILES string of the molecule is Cc1cc(C)c(-c2cc(C)n(C)c(=O)c2C#N)c(C)c1. The van der Waals surface area contributed by atoms with E-state index in [1.165, 1.54) is 10.1 Å². The van der Waals surface area contributed by atoms with E-state index in [-0.39, 0.29) is 11.1 Å². The lowest BCUT2D eigenvalue weighted by atomic mass is 9.91. The van der Waals surface area contributed by atoms with Crippen LogP contribution in [0.1, 0.15) is 27.9 Å². The number of hydrogen-bond acceptors (Lipinski definition) is 2. The van der Waals surface area contributed by atoms with Crippen molar-refractivity contribution in [2.45, 2.75) is 27.7 Å². The molecule has 0 amide bonds. The van der Waals surface area contributed by atoms with Crippen LogP contribution in [0.15, 0.2) is 23.0 Å². The molecule has 0 saturated heterocycles. The van der Waals surface area contributed by atoms with Crippen LogP contribution in [0.25, 0.3) is 11.1 Å². The molecule has 0 fully saturated rings. The number of aryl methyl sites for hydroxylation is 4. The summed E-state index contributed by atoms with van der Waals surface area (Å²) in [6.07, 6.45) is 0. The van der Waals surface area contributed by atoms with Gasteiger partial charge in [-0.3, -0.25) is 4.79 Å². The van der Waals surface area contributed by atoms with E-state index in [0.717, 1.165) is 27.9 Å². The van der Waals surface area contributed by atoms with Crippen molar-refractivity contribution in [3.8, 4) is 17.2 Å². The molecule has 0 atom stereocenters. The van der Waals surface area contributed by atoms with Crippen LogP contribution >= 0.6 is 0 Å². The van der Waals surface area contributed by atoms with Gasteiger partial charge in [0.05, 0.1) is 0 Å². The quantitative estimate of drug-likeness (QED) is 0.796. The summed E-state index contributed by atoms with van der Waals surface area (Å²) in [6.45, 7) is 7.96. The van der Waals surface area contributed by atoms with Gasteiger partial charge in [-0.1, -0.05) is 17.7 Å². The van der Waals surface area contributed by atoms with E-state index < -0.39 is 0 Å². The zero-order chi connectivity index (χ0) is 15.0. The second-order valence-corrected chi connectivity index (χ2v) is 5.32. The minimum atomic E-state index is -0.234. The molecule has 0 bridgehead atoms. The first-order valence-electron chi connectivity index (χ1n) is 6.55. The summed E-state index contributed by atoms with van der Waals surface area (Å²) in [5.41, 5.74) is 5.93. The number of nitrogens with zero attached hydrogens (tertiary/aromatic N) is 2. The van der Waals surface area contributed by atoms with E-state index in [2.05, 4.69) is 18.2 Å². The molecule has 0 aliphatic heterocycles. The van der Waals surface area contributed by atoms with Crippen molar-refractivity contribution >= 4 is 0 Å². The maximum absolute atomic E-state index is 12.2. The van der Waals surface area contributed by atoms with Crippen LogP contribution in [0.3, 0.4) is 0 Å². The van der Waals surface area contributed by atoms with Gasteiger partial charge >= 0.3 is 0 Å². The van der Waals surface area contributed by atoms with E-state index in [1.54, 1.807) is 7.05 Å². The monoisotopic (exact) mass is 266 g/mol. The number of benzene rings is 1. The summed E-state index contributed by atoms with van der Waals surface area (Å²) < 4.78 is 1.51. The second-order valence-electron chi connectivity index (χ2n) is 5.32. The predicted molar refractivity (Wildman–Crippen MR) is 80.8 cm³/mol. The molecule has 0 saturated carbocycles. The fourth-order valence-electron chi connectivity index (χ4n) is 2.73. The molecule has 102 valence electrons. The molecule has 0 aliphatic carbocycles. The lowest BCUT2D eigenvalue weighted by Crippen LogP contribution is -2.22. The highest BCUT2D eigenvalue weighted by molar-refractivity contribution is 5.76. The molecule has 3 heteroatoms. The Morgan fingerprint density at radius 3 is 2.10 bits per heavy atom. The fourth-order valence-corrected chi connectivity index (χ4v) is 2.73. The third-order valence-corrected chi connectivity index (χ3v) is 3.73. The average Bonchev–Trinajstić information content (AvgIpc) is 2.35. The molecule has 2 aromatic rings. The largest absolute Gasteiger partial charge is 0.315 e. The van der Waals surface area contributed by atoms with Crippen LogP contribution in [0.5, 0.6) is 0 Å². The Morgan fingerprint density at radius 2 is 1.60 bits per heavy atom. The van der Waals surface area contributed by atoms with Gasteiger partial charge in [-0.25, -0.2) is 0 Å². The number of rotatable bonds is 1. The first-order valence-corrected chi connectivity index (χ1v) is 6.55. The van der Waals surface area contributed by atoms with E-state index in [4.69, 9.17) is 0 Å². The molecule has 3 nitrogen and oxygen atoms in total. The topological polar surface area (TPSA) is 45.8 Å². The molecule has 1 aromatic heterocycles. The highest BCUT2D eigenvalue weighted by Gasteiger charge is 2.16. The number of nitriles is 1. The lowest BCUT2D eigenvalue weighted by Gasteiger charge is -2.15. The van der Waals surface area contributed by atoms with Gasteiger partial charge in [0.1, 0.15) is 11.6 Å². The predicted octanol–water partition coefficient (Wildman–Crippen LogP) is 3.16. The van der Waals surface area contributed by atoms with Crippen molar-refractivity contribution in [3.63, 3.8) is 0 Å². The molecule has 1 aromatic carbocycles. The highest BCUT2D eigenvalue weighted by atomic mass is 16.1. The maximum Gasteiger partial charge on any atom is 0.269 e. The van der Waals surface area contributed by atoms with Crippen molar-refractivity contribution in [1.82, 2.24) is 4.57 Å². The minimum Gasteiger partial charge on any atom is -0.315 e. The van der Waals surface area contributed by atoms with Crippen molar-refractivity contribution in [2.24, 2.45) is 7.05 Å². The lowest BCUT2D eigenvalue weighted by molar-refractivity contribution is 0.815. The van der Waals surface area contributed by atoms with Gasteiger partial charge < -0.3 is 4.57 Å². The minimum absolute atomic E-state index is 0.216. The summed E-state index contributed by atoms with van der Waals surface area (Å²) in [5, 5.41) is 9.35. The van der Waals surface area contributed by atoms with Crippen LogP contribution in [0, 0.1) is 39.0 Å². The Hall–Kier alpha value is -2.34. The van der Waals surface area contributed by atoms with E-state index in [1.807, 2.05) is 33.8 Å². The summed E-state index contributed by atoms with van der Waals surface area (Å²) in [4.78, 5) is 12.2. The van der Waals surface area contributed by atoms with Crippen LogP contribution < -0.4 is 5.56 Å². The molecule has 1 heterocycles. The van der Waals surface area contributed by atoms with Crippen molar-refractivity contribution in [3.05, 3.63) is 56.5 Å². The smallest absolute Gasteiger partial charge is 0.269 e. The molecule has 0 unspecified atom stereocenters. The van der Waals surface area contributed by atoms with Gasteiger partial charge in [0.2, 0.25) is 0 Å². The number of aromatic nitrogens is 1. The Morgan fingerprint density at radius 1 is 1.05 bits per heavy atom. The van der Waals surface area contributed by atoms with E-state index in [0.29, 0.717) is 0 Å². The molecule has 0 radical (unpaired) electrons. The average molecular weight is 266 g/mol. The summed E-state index contributed by atoms with van der Waals surface area (Å²) in [5.74, 6) is 0. The van der Waals surface area contributed by atoms with Gasteiger partial charge in [-0.2, -0.15) is 5.26 Å². The first-order chi connectivity index (χ1) is 9.36. The third kappa shape index (κ3) is 2.14. The van der Waals surface area contributed by atoms with Crippen LogP contribution in [-0.2, 0) is 7.05 Å². The van der Waals surface area contributed by atoms with Gasteiger partial charge in [-0.05, 0) is 50.5 Å². The summed E-state index contributed by atoms with van der Waals surface area (Å²) in [7, 11) is 1.69.